The Bertz CT molecular complexity index is 1560. The van der Waals surface area contributed by atoms with Crippen molar-refractivity contribution >= 4 is 31.8 Å². The Morgan fingerprint density at radius 2 is 1.60 bits per heavy atom. The predicted octanol–water partition coefficient (Wildman–Crippen LogP) is 4.11. The fourth-order valence-corrected chi connectivity index (χ4v) is 5.18. The van der Waals surface area contributed by atoms with Gasteiger partial charge in [-0.15, -0.1) is 0 Å². The van der Waals surface area contributed by atoms with Crippen LogP contribution in [0.15, 0.2) is 73.2 Å². The molecule has 3 aromatic carbocycles. The molecule has 2 aromatic heterocycles. The highest BCUT2D eigenvalue weighted by Gasteiger charge is 2.26. The molecule has 2 atom stereocenters. The number of hydrogen-bond donors (Lipinski definition) is 3. The molecule has 0 fully saturated rings. The van der Waals surface area contributed by atoms with Crippen molar-refractivity contribution < 1.29 is 22.3 Å². The molecule has 0 saturated carbocycles. The van der Waals surface area contributed by atoms with Crippen molar-refractivity contribution in [1.82, 2.24) is 19.3 Å². The van der Waals surface area contributed by atoms with Gasteiger partial charge in [-0.1, -0.05) is 24.3 Å². The molecular weight excluding hydrogens is 474 g/mol. The summed E-state index contributed by atoms with van der Waals surface area (Å²) in [4.78, 5) is 7.00. The van der Waals surface area contributed by atoms with Crippen molar-refractivity contribution in [3.63, 3.8) is 0 Å². The number of rotatable bonds is 7. The van der Waals surface area contributed by atoms with Crippen molar-refractivity contribution in [2.75, 3.05) is 6.26 Å². The van der Waals surface area contributed by atoms with Crippen LogP contribution >= 0.6 is 0 Å². The van der Waals surface area contributed by atoms with E-state index >= 15 is 0 Å². The normalized spacial score (nSPS) is 13.9. The maximum Gasteiger partial charge on any atom is 0.209 e. The summed E-state index contributed by atoms with van der Waals surface area (Å²) in [6, 6.07) is 14.5. The number of nitrogens with zero attached hydrogens (tertiary/aromatic N) is 2. The van der Waals surface area contributed by atoms with Crippen molar-refractivity contribution in [2.24, 2.45) is 0 Å². The fraction of sp³-hybridized carbons (Fsp3) is 0.160. The molecule has 0 spiro atoms. The van der Waals surface area contributed by atoms with E-state index in [0.29, 0.717) is 27.4 Å². The third kappa shape index (κ3) is 4.68. The molecule has 5 aromatic rings. The quantitative estimate of drug-likeness (QED) is 0.316. The fourth-order valence-electron chi connectivity index (χ4n) is 4.42. The second-order valence-corrected chi connectivity index (χ2v) is 10.2. The van der Waals surface area contributed by atoms with Crippen LogP contribution in [0.5, 0.6) is 0 Å². The topological polar surface area (TPSA) is 100 Å². The number of aromatic nitrogens is 3. The largest absolute Gasteiger partial charge is 0.389 e. The standard InChI is InChI=1S/C25H22F2N4O3S/c1-35(33,34)30-25(16-4-2-15(3-5-16)21-12-28-14-29-21)24(32)13-31-22-8-6-17(26)10-19(22)20-11-18(27)7-9-23(20)31/h2-12,14,24-25,30,32H,13H2,1H3,(H,28,29). The summed E-state index contributed by atoms with van der Waals surface area (Å²) in [5.41, 5.74) is 3.40. The molecule has 0 aliphatic heterocycles. The minimum atomic E-state index is -3.68. The van der Waals surface area contributed by atoms with E-state index in [0.717, 1.165) is 17.5 Å². The molecule has 0 saturated heterocycles. The molecule has 2 unspecified atom stereocenters. The van der Waals surface area contributed by atoms with Crippen LogP contribution in [0, 0.1) is 11.6 Å². The molecule has 3 N–H and O–H groups in total. The summed E-state index contributed by atoms with van der Waals surface area (Å²) in [7, 11) is -3.68. The molecule has 10 heteroatoms. The van der Waals surface area contributed by atoms with Crippen LogP contribution in [-0.4, -0.2) is 40.4 Å². The highest BCUT2D eigenvalue weighted by atomic mass is 32.2. The number of H-pyrrole nitrogens is 1. The van der Waals surface area contributed by atoms with E-state index in [9.17, 15) is 22.3 Å². The minimum absolute atomic E-state index is 0.0211. The van der Waals surface area contributed by atoms with E-state index in [-0.39, 0.29) is 6.54 Å². The number of halogens is 2. The third-order valence-electron chi connectivity index (χ3n) is 5.96. The van der Waals surface area contributed by atoms with Gasteiger partial charge in [0.25, 0.3) is 0 Å². The average molecular weight is 497 g/mol. The molecule has 5 rings (SSSR count). The first kappa shape index (κ1) is 23.2. The number of fused-ring (bicyclic) bond motifs is 3. The molecule has 0 aliphatic rings. The van der Waals surface area contributed by atoms with E-state index < -0.39 is 33.8 Å². The summed E-state index contributed by atoms with van der Waals surface area (Å²) in [6.07, 6.45) is 3.06. The van der Waals surface area contributed by atoms with Gasteiger partial charge in [0, 0.05) is 21.8 Å². The van der Waals surface area contributed by atoms with Crippen LogP contribution in [0.25, 0.3) is 33.1 Å². The molecular formula is C25H22F2N4O3S. The molecule has 7 nitrogen and oxygen atoms in total. The SMILES string of the molecule is CS(=O)(=O)NC(c1ccc(-c2cnc[nH]2)cc1)C(O)Cn1c2ccc(F)cc2c2cc(F)ccc21. The van der Waals surface area contributed by atoms with Crippen LogP contribution in [0.1, 0.15) is 11.6 Å². The Balaban J connectivity index is 1.55. The molecule has 0 aliphatic carbocycles. The van der Waals surface area contributed by atoms with Crippen LogP contribution < -0.4 is 4.72 Å². The highest BCUT2D eigenvalue weighted by molar-refractivity contribution is 7.88. The van der Waals surface area contributed by atoms with Gasteiger partial charge in [-0.3, -0.25) is 0 Å². The number of aliphatic hydroxyl groups excluding tert-OH is 1. The lowest BCUT2D eigenvalue weighted by molar-refractivity contribution is 0.121. The molecule has 0 radical (unpaired) electrons. The minimum Gasteiger partial charge on any atom is -0.389 e. The number of nitrogens with one attached hydrogen (secondary N) is 2. The third-order valence-corrected chi connectivity index (χ3v) is 6.65. The molecule has 35 heavy (non-hydrogen) atoms. The van der Waals surface area contributed by atoms with Gasteiger partial charge >= 0.3 is 0 Å². The van der Waals surface area contributed by atoms with Gasteiger partial charge in [-0.25, -0.2) is 26.9 Å². The van der Waals surface area contributed by atoms with E-state index in [4.69, 9.17) is 0 Å². The summed E-state index contributed by atoms with van der Waals surface area (Å²) >= 11 is 0. The van der Waals surface area contributed by atoms with Crippen LogP contribution in [0.3, 0.4) is 0 Å². The van der Waals surface area contributed by atoms with Crippen molar-refractivity contribution in [2.45, 2.75) is 18.7 Å². The van der Waals surface area contributed by atoms with Gasteiger partial charge in [0.2, 0.25) is 10.0 Å². The second-order valence-electron chi connectivity index (χ2n) is 8.46. The number of aromatic amines is 1. The monoisotopic (exact) mass is 496 g/mol. The highest BCUT2D eigenvalue weighted by Crippen LogP contribution is 2.32. The lowest BCUT2D eigenvalue weighted by Gasteiger charge is -2.25. The zero-order valence-electron chi connectivity index (χ0n) is 18.6. The number of sulfonamides is 1. The number of hydrogen-bond acceptors (Lipinski definition) is 4. The Morgan fingerprint density at radius 1 is 1.00 bits per heavy atom. The summed E-state index contributed by atoms with van der Waals surface area (Å²) in [6.45, 7) is -0.0211. The van der Waals surface area contributed by atoms with Crippen molar-refractivity contribution in [3.05, 3.63) is 90.4 Å². The number of benzene rings is 3. The summed E-state index contributed by atoms with van der Waals surface area (Å²) in [5.74, 6) is -0.925. The van der Waals surface area contributed by atoms with Gasteiger partial charge in [0.05, 0.1) is 43.2 Å². The zero-order valence-corrected chi connectivity index (χ0v) is 19.4. The van der Waals surface area contributed by atoms with Gasteiger partial charge in [-0.05, 0) is 47.5 Å². The molecule has 180 valence electrons. The van der Waals surface area contributed by atoms with E-state index in [2.05, 4.69) is 14.7 Å². The number of imidazole rings is 1. The van der Waals surface area contributed by atoms with E-state index in [1.165, 1.54) is 24.3 Å². The van der Waals surface area contributed by atoms with Crippen LogP contribution in [0.4, 0.5) is 8.78 Å². The smallest absolute Gasteiger partial charge is 0.209 e. The lowest BCUT2D eigenvalue weighted by Crippen LogP contribution is -2.37. The molecule has 2 heterocycles. The first-order chi connectivity index (χ1) is 16.7. The molecule has 0 bridgehead atoms. The first-order valence-electron chi connectivity index (χ1n) is 10.8. The summed E-state index contributed by atoms with van der Waals surface area (Å²) in [5, 5.41) is 12.3. The van der Waals surface area contributed by atoms with Gasteiger partial charge in [-0.2, -0.15) is 0 Å². The average Bonchev–Trinajstić information content (AvgIpc) is 3.44. The second kappa shape index (κ2) is 8.88. The Morgan fingerprint density at radius 3 is 2.11 bits per heavy atom. The maximum absolute atomic E-state index is 14.0. The Hall–Kier alpha value is -3.60. The van der Waals surface area contributed by atoms with Crippen LogP contribution in [-0.2, 0) is 16.6 Å². The van der Waals surface area contributed by atoms with Gasteiger partial charge in [0.1, 0.15) is 11.6 Å². The Labute approximate surface area is 200 Å². The maximum atomic E-state index is 14.0. The van der Waals surface area contributed by atoms with Crippen molar-refractivity contribution in [3.8, 4) is 11.3 Å². The number of aliphatic hydroxyl groups is 1. The van der Waals surface area contributed by atoms with Gasteiger partial charge in [0.15, 0.2) is 0 Å². The zero-order chi connectivity index (χ0) is 24.7. The van der Waals surface area contributed by atoms with Crippen molar-refractivity contribution in [1.29, 1.82) is 0 Å². The molecule has 0 amide bonds. The van der Waals surface area contributed by atoms with E-state index in [1.807, 2.05) is 0 Å². The summed E-state index contributed by atoms with van der Waals surface area (Å²) < 4.78 is 56.5. The lowest BCUT2D eigenvalue weighted by atomic mass is 10.00. The van der Waals surface area contributed by atoms with E-state index in [1.54, 1.807) is 53.5 Å². The van der Waals surface area contributed by atoms with Gasteiger partial charge < -0.3 is 14.7 Å². The first-order valence-corrected chi connectivity index (χ1v) is 12.7. The predicted molar refractivity (Wildman–Crippen MR) is 130 cm³/mol. The Kier molecular flexibility index (Phi) is 5.87. The van der Waals surface area contributed by atoms with Crippen LogP contribution in [0.2, 0.25) is 0 Å².